The normalized spacial score (nSPS) is 10.6. The first-order valence-corrected chi connectivity index (χ1v) is 6.69. The van der Waals surface area contributed by atoms with Crippen LogP contribution < -0.4 is 16.2 Å². The number of H-pyrrole nitrogens is 1. The molecule has 0 saturated heterocycles. The molecule has 0 aliphatic rings. The van der Waals surface area contributed by atoms with E-state index in [0.29, 0.717) is 34.9 Å². The van der Waals surface area contributed by atoms with Crippen LogP contribution in [0.1, 0.15) is 13.8 Å². The zero-order chi connectivity index (χ0) is 13.8. The Balaban J connectivity index is 2.28. The summed E-state index contributed by atoms with van der Waals surface area (Å²) in [4.78, 5) is 15.7. The highest BCUT2D eigenvalue weighted by Gasteiger charge is 2.11. The van der Waals surface area contributed by atoms with Gasteiger partial charge in [0, 0.05) is 6.54 Å². The number of aromatic amines is 1. The second kappa shape index (κ2) is 5.79. The molecule has 0 bridgehead atoms. The van der Waals surface area contributed by atoms with Crippen LogP contribution in [0.15, 0.2) is 27.1 Å². The third-order valence-electron chi connectivity index (χ3n) is 2.38. The van der Waals surface area contributed by atoms with Crippen molar-refractivity contribution >= 4 is 17.4 Å². The van der Waals surface area contributed by atoms with Crippen LogP contribution in [-0.4, -0.2) is 26.4 Å². The van der Waals surface area contributed by atoms with E-state index < -0.39 is 0 Å². The first kappa shape index (κ1) is 13.5. The lowest BCUT2D eigenvalue weighted by Crippen LogP contribution is -2.16. The topological polar surface area (TPSA) is 98.8 Å². The summed E-state index contributed by atoms with van der Waals surface area (Å²) in [5.41, 5.74) is 6.01. The molecule has 0 saturated carbocycles. The van der Waals surface area contributed by atoms with Crippen molar-refractivity contribution in [3.8, 4) is 5.88 Å². The Morgan fingerprint density at radius 1 is 1.47 bits per heavy atom. The summed E-state index contributed by atoms with van der Waals surface area (Å²) in [5, 5.41) is 7.60. The van der Waals surface area contributed by atoms with Gasteiger partial charge < -0.3 is 10.5 Å². The van der Waals surface area contributed by atoms with Gasteiger partial charge in [-0.3, -0.25) is 4.57 Å². The van der Waals surface area contributed by atoms with E-state index in [2.05, 4.69) is 15.2 Å². The lowest BCUT2D eigenvalue weighted by molar-refractivity contribution is 0.326. The second-order valence-corrected chi connectivity index (χ2v) is 4.62. The first-order valence-electron chi connectivity index (χ1n) is 5.88. The number of nitrogen functional groups attached to an aromatic ring is 1. The number of pyridine rings is 1. The Kier molecular flexibility index (Phi) is 4.10. The van der Waals surface area contributed by atoms with Crippen LogP contribution in [0, 0.1) is 0 Å². The smallest absolute Gasteiger partial charge is 0.343 e. The van der Waals surface area contributed by atoms with Crippen molar-refractivity contribution in [3.63, 3.8) is 0 Å². The molecule has 19 heavy (non-hydrogen) atoms. The average molecular weight is 281 g/mol. The van der Waals surface area contributed by atoms with Crippen LogP contribution in [0.2, 0.25) is 0 Å². The summed E-state index contributed by atoms with van der Waals surface area (Å²) in [6.45, 7) is 4.78. The Labute approximate surface area is 114 Å². The number of nitrogens with two attached hydrogens (primary N) is 1. The number of nitrogens with zero attached hydrogens (tertiary/aromatic N) is 3. The second-order valence-electron chi connectivity index (χ2n) is 3.63. The lowest BCUT2D eigenvalue weighted by atomic mass is 10.4. The molecule has 0 aliphatic carbocycles. The molecule has 0 amide bonds. The Hall–Kier alpha value is -1.96. The van der Waals surface area contributed by atoms with E-state index in [0.717, 1.165) is 0 Å². The molecule has 0 atom stereocenters. The van der Waals surface area contributed by atoms with Crippen LogP contribution in [0.5, 0.6) is 5.88 Å². The zero-order valence-corrected chi connectivity index (χ0v) is 11.5. The quantitative estimate of drug-likeness (QED) is 0.852. The molecule has 102 valence electrons. The van der Waals surface area contributed by atoms with Gasteiger partial charge >= 0.3 is 5.69 Å². The molecule has 7 nitrogen and oxygen atoms in total. The predicted molar refractivity (Wildman–Crippen MR) is 72.5 cm³/mol. The number of ether oxygens (including phenoxy) is 1. The largest absolute Gasteiger partial charge is 0.476 e. The molecule has 0 spiro atoms. The van der Waals surface area contributed by atoms with Crippen LogP contribution >= 0.6 is 11.8 Å². The van der Waals surface area contributed by atoms with E-state index in [-0.39, 0.29) is 5.69 Å². The van der Waals surface area contributed by atoms with Gasteiger partial charge in [0.05, 0.1) is 12.3 Å². The standard InChI is InChI=1S/C11H15N5O2S/c1-3-16-10(17)14-15-11(16)19-8-6-5-7(12)9(13-8)18-4-2/h5-6H,3-4,12H2,1-2H3,(H,14,17). The van der Waals surface area contributed by atoms with Crippen molar-refractivity contribution < 1.29 is 4.74 Å². The Morgan fingerprint density at radius 2 is 2.26 bits per heavy atom. The number of hydrogen-bond donors (Lipinski definition) is 2. The van der Waals surface area contributed by atoms with Gasteiger partial charge in [-0.15, -0.1) is 5.10 Å². The van der Waals surface area contributed by atoms with Gasteiger partial charge in [-0.1, -0.05) is 0 Å². The van der Waals surface area contributed by atoms with Gasteiger partial charge in [-0.2, -0.15) is 0 Å². The predicted octanol–water partition coefficient (Wildman–Crippen LogP) is 1.12. The van der Waals surface area contributed by atoms with Gasteiger partial charge in [0.2, 0.25) is 5.88 Å². The van der Waals surface area contributed by atoms with Crippen molar-refractivity contribution in [2.45, 2.75) is 30.6 Å². The van der Waals surface area contributed by atoms with Gasteiger partial charge in [-0.05, 0) is 37.7 Å². The van der Waals surface area contributed by atoms with E-state index in [4.69, 9.17) is 10.5 Å². The molecule has 0 fully saturated rings. The number of rotatable bonds is 5. The lowest BCUT2D eigenvalue weighted by Gasteiger charge is -2.07. The molecule has 2 aromatic heterocycles. The van der Waals surface area contributed by atoms with Gasteiger partial charge in [0.15, 0.2) is 5.16 Å². The van der Waals surface area contributed by atoms with Gasteiger partial charge in [-0.25, -0.2) is 14.9 Å². The SMILES string of the molecule is CCOc1nc(Sc2n[nH]c(=O)n2CC)ccc1N. The summed E-state index contributed by atoms with van der Waals surface area (Å²) in [5.74, 6) is 0.397. The van der Waals surface area contributed by atoms with Gasteiger partial charge in [0.1, 0.15) is 5.03 Å². The molecule has 0 aromatic carbocycles. The van der Waals surface area contributed by atoms with E-state index in [1.54, 1.807) is 12.1 Å². The molecule has 2 rings (SSSR count). The molecule has 2 heterocycles. The van der Waals surface area contributed by atoms with Crippen molar-refractivity contribution in [1.82, 2.24) is 19.7 Å². The molecule has 0 aliphatic heterocycles. The number of anilines is 1. The summed E-state index contributed by atoms with van der Waals surface area (Å²) < 4.78 is 6.86. The summed E-state index contributed by atoms with van der Waals surface area (Å²) in [6.07, 6.45) is 0. The van der Waals surface area contributed by atoms with Crippen LogP contribution in [0.4, 0.5) is 5.69 Å². The minimum atomic E-state index is -0.231. The molecule has 0 radical (unpaired) electrons. The van der Waals surface area contributed by atoms with Crippen LogP contribution in [-0.2, 0) is 6.54 Å². The van der Waals surface area contributed by atoms with E-state index >= 15 is 0 Å². The van der Waals surface area contributed by atoms with Crippen molar-refractivity contribution in [2.75, 3.05) is 12.3 Å². The number of nitrogens with one attached hydrogen (secondary N) is 1. The fourth-order valence-corrected chi connectivity index (χ4v) is 2.36. The van der Waals surface area contributed by atoms with Gasteiger partial charge in [0.25, 0.3) is 0 Å². The third-order valence-corrected chi connectivity index (χ3v) is 3.31. The highest BCUT2D eigenvalue weighted by Crippen LogP contribution is 2.28. The highest BCUT2D eigenvalue weighted by molar-refractivity contribution is 7.99. The maximum Gasteiger partial charge on any atom is 0.343 e. The number of aromatic nitrogens is 4. The fourth-order valence-electron chi connectivity index (χ4n) is 1.50. The molecular formula is C11H15N5O2S. The maximum atomic E-state index is 11.5. The summed E-state index contributed by atoms with van der Waals surface area (Å²) in [6, 6.07) is 3.49. The monoisotopic (exact) mass is 281 g/mol. The summed E-state index contributed by atoms with van der Waals surface area (Å²) in [7, 11) is 0. The minimum absolute atomic E-state index is 0.231. The first-order chi connectivity index (χ1) is 9.15. The number of hydrogen-bond acceptors (Lipinski definition) is 6. The van der Waals surface area contributed by atoms with E-state index in [1.807, 2.05) is 13.8 Å². The molecule has 8 heteroatoms. The Bertz CT molecular complexity index is 622. The highest BCUT2D eigenvalue weighted by atomic mass is 32.2. The van der Waals surface area contributed by atoms with E-state index in [9.17, 15) is 4.79 Å². The molecule has 3 N–H and O–H groups in total. The Morgan fingerprint density at radius 3 is 2.95 bits per heavy atom. The summed E-state index contributed by atoms with van der Waals surface area (Å²) >= 11 is 1.28. The van der Waals surface area contributed by atoms with Crippen LogP contribution in [0.3, 0.4) is 0 Å². The average Bonchev–Trinajstić information content (AvgIpc) is 2.74. The third kappa shape index (κ3) is 2.90. The van der Waals surface area contributed by atoms with E-state index in [1.165, 1.54) is 16.3 Å². The molecule has 2 aromatic rings. The van der Waals surface area contributed by atoms with Crippen molar-refractivity contribution in [1.29, 1.82) is 0 Å². The van der Waals surface area contributed by atoms with Crippen molar-refractivity contribution in [3.05, 3.63) is 22.6 Å². The molecule has 0 unspecified atom stereocenters. The van der Waals surface area contributed by atoms with Crippen molar-refractivity contribution in [2.24, 2.45) is 0 Å². The van der Waals surface area contributed by atoms with Crippen LogP contribution in [0.25, 0.3) is 0 Å². The fraction of sp³-hybridized carbons (Fsp3) is 0.364. The maximum absolute atomic E-state index is 11.5. The molecular weight excluding hydrogens is 266 g/mol. The minimum Gasteiger partial charge on any atom is -0.476 e. The zero-order valence-electron chi connectivity index (χ0n) is 10.7.